The highest BCUT2D eigenvalue weighted by Gasteiger charge is 2.54. The highest BCUT2D eigenvalue weighted by atomic mass is 16.6. The maximum Gasteiger partial charge on any atom is 0.143 e. The highest BCUT2D eigenvalue weighted by Crippen LogP contribution is 2.32. The van der Waals surface area contributed by atoms with E-state index in [4.69, 9.17) is 24.4 Å². The minimum Gasteiger partial charge on any atom is -0.394 e. The Kier molecular flexibility index (Phi) is 7.09. The van der Waals surface area contributed by atoms with Gasteiger partial charge in [-0.1, -0.05) is 0 Å². The Bertz CT molecular complexity index is 422. The Morgan fingerprint density at radius 3 is 1.88 bits per heavy atom. The van der Waals surface area contributed by atoms with Crippen molar-refractivity contribution in [2.45, 2.75) is 54.4 Å². The third-order valence-corrected chi connectivity index (χ3v) is 4.70. The summed E-state index contributed by atoms with van der Waals surface area (Å²) in [5, 5.41) is 76.9. The van der Waals surface area contributed by atoms with Crippen molar-refractivity contribution in [1.82, 2.24) is 0 Å². The Labute approximate surface area is 143 Å². The Morgan fingerprint density at radius 2 is 1.36 bits per heavy atom. The molecule has 11 heteroatoms. The predicted octanol–water partition coefficient (Wildman–Crippen LogP) is -5.31. The van der Waals surface area contributed by atoms with Gasteiger partial charge in [-0.2, -0.15) is 0 Å². The zero-order valence-electron chi connectivity index (χ0n) is 13.5. The van der Waals surface area contributed by atoms with Gasteiger partial charge in [-0.25, -0.2) is 0 Å². The van der Waals surface area contributed by atoms with Crippen LogP contribution in [0.25, 0.3) is 0 Å². The van der Waals surface area contributed by atoms with Crippen molar-refractivity contribution in [3.63, 3.8) is 0 Å². The van der Waals surface area contributed by atoms with Crippen molar-refractivity contribution in [3.05, 3.63) is 0 Å². The molecule has 0 spiro atoms. The van der Waals surface area contributed by atoms with Crippen LogP contribution >= 0.6 is 0 Å². The van der Waals surface area contributed by atoms with E-state index < -0.39 is 80.9 Å². The van der Waals surface area contributed by atoms with Gasteiger partial charge in [0.1, 0.15) is 54.4 Å². The molecule has 0 saturated carbocycles. The molecule has 9 atom stereocenters. The van der Waals surface area contributed by atoms with Crippen LogP contribution in [-0.4, -0.2) is 128 Å². The molecule has 8 N–H and O–H groups in total. The third-order valence-electron chi connectivity index (χ3n) is 4.70. The fraction of sp³-hybridized carbons (Fsp3) is 1.00. The van der Waals surface area contributed by atoms with E-state index in [0.29, 0.717) is 0 Å². The maximum atomic E-state index is 10.0. The van der Waals surface area contributed by atoms with Crippen LogP contribution in [0.2, 0.25) is 0 Å². The first-order chi connectivity index (χ1) is 11.8. The zero-order valence-corrected chi connectivity index (χ0v) is 13.5. The standard InChI is InChI=1S/C14H26O11/c15-1-6-9(18)12(21)10(19)8(24-6)3-23-5-14(4-17)13(22)11(20)7(2-16)25-14/h6-13,15-22H,1-5H2/t6?,7?,8?,9-,10-,11+,12-,13-,14+/m1/s1. The topological polar surface area (TPSA) is 190 Å². The van der Waals surface area contributed by atoms with Crippen molar-refractivity contribution < 1.29 is 55.1 Å². The summed E-state index contributed by atoms with van der Waals surface area (Å²) < 4.78 is 15.9. The summed E-state index contributed by atoms with van der Waals surface area (Å²) in [7, 11) is 0. The van der Waals surface area contributed by atoms with Gasteiger partial charge in [0.2, 0.25) is 0 Å². The lowest BCUT2D eigenvalue weighted by molar-refractivity contribution is -0.244. The van der Waals surface area contributed by atoms with E-state index in [1.165, 1.54) is 0 Å². The van der Waals surface area contributed by atoms with Crippen molar-refractivity contribution in [1.29, 1.82) is 0 Å². The molecule has 2 aliphatic heterocycles. The van der Waals surface area contributed by atoms with Gasteiger partial charge in [0.15, 0.2) is 0 Å². The van der Waals surface area contributed by atoms with Crippen LogP contribution in [0.5, 0.6) is 0 Å². The summed E-state index contributed by atoms with van der Waals surface area (Å²) in [5.41, 5.74) is -1.67. The van der Waals surface area contributed by atoms with Crippen LogP contribution in [0.3, 0.4) is 0 Å². The van der Waals surface area contributed by atoms with Gasteiger partial charge in [0.05, 0.1) is 33.0 Å². The summed E-state index contributed by atoms with van der Waals surface area (Å²) in [6, 6.07) is 0. The normalized spacial score (nSPS) is 48.0. The van der Waals surface area contributed by atoms with E-state index in [2.05, 4.69) is 0 Å². The number of hydrogen-bond donors (Lipinski definition) is 8. The first-order valence-corrected chi connectivity index (χ1v) is 7.95. The lowest BCUT2D eigenvalue weighted by atomic mass is 9.95. The molecule has 0 aromatic rings. The molecule has 2 fully saturated rings. The van der Waals surface area contributed by atoms with Gasteiger partial charge in [-0.3, -0.25) is 0 Å². The summed E-state index contributed by atoms with van der Waals surface area (Å²) in [5.74, 6) is 0. The molecule has 0 radical (unpaired) electrons. The minimum atomic E-state index is -1.67. The number of aliphatic hydroxyl groups excluding tert-OH is 8. The monoisotopic (exact) mass is 370 g/mol. The van der Waals surface area contributed by atoms with Gasteiger partial charge < -0.3 is 55.1 Å². The Morgan fingerprint density at radius 1 is 0.760 bits per heavy atom. The fourth-order valence-corrected chi connectivity index (χ4v) is 3.06. The first kappa shape index (κ1) is 20.9. The summed E-state index contributed by atoms with van der Waals surface area (Å²) in [6.45, 7) is -2.54. The molecule has 0 aromatic heterocycles. The molecule has 2 heterocycles. The van der Waals surface area contributed by atoms with Crippen LogP contribution < -0.4 is 0 Å². The van der Waals surface area contributed by atoms with Crippen LogP contribution in [0.1, 0.15) is 0 Å². The molecule has 2 rings (SSSR count). The molecule has 11 nitrogen and oxygen atoms in total. The molecule has 2 saturated heterocycles. The molecule has 0 bridgehead atoms. The molecule has 2 aliphatic rings. The lowest BCUT2D eigenvalue weighted by Gasteiger charge is -2.40. The highest BCUT2D eigenvalue weighted by molar-refractivity contribution is 5.02. The van der Waals surface area contributed by atoms with E-state index in [-0.39, 0.29) is 6.61 Å². The first-order valence-electron chi connectivity index (χ1n) is 7.95. The van der Waals surface area contributed by atoms with Gasteiger partial charge in [0, 0.05) is 0 Å². The molecular weight excluding hydrogens is 344 g/mol. The summed E-state index contributed by atoms with van der Waals surface area (Å²) in [6.07, 6.45) is -10.7. The van der Waals surface area contributed by atoms with E-state index in [1.807, 2.05) is 0 Å². The largest absolute Gasteiger partial charge is 0.394 e. The maximum absolute atomic E-state index is 10.0. The number of ether oxygens (including phenoxy) is 3. The van der Waals surface area contributed by atoms with Crippen molar-refractivity contribution in [2.75, 3.05) is 33.0 Å². The molecule has 0 aliphatic carbocycles. The smallest absolute Gasteiger partial charge is 0.143 e. The number of aliphatic hydroxyl groups is 8. The quantitative estimate of drug-likeness (QED) is 0.214. The molecule has 0 aromatic carbocycles. The SMILES string of the molecule is OCC1OC(COC[C@]2(CO)OC(CO)[C@H](O)[C@H]2O)[C@@H](O)[C@H](O)[C@@H]1O. The van der Waals surface area contributed by atoms with Gasteiger partial charge in [0.25, 0.3) is 0 Å². The second-order valence-corrected chi connectivity index (χ2v) is 6.38. The molecule has 3 unspecified atom stereocenters. The second kappa shape index (κ2) is 8.50. The number of hydrogen-bond acceptors (Lipinski definition) is 11. The van der Waals surface area contributed by atoms with Crippen molar-refractivity contribution in [3.8, 4) is 0 Å². The van der Waals surface area contributed by atoms with Crippen molar-refractivity contribution >= 4 is 0 Å². The Balaban J connectivity index is 1.94. The van der Waals surface area contributed by atoms with Gasteiger partial charge >= 0.3 is 0 Å². The van der Waals surface area contributed by atoms with Gasteiger partial charge in [-0.05, 0) is 0 Å². The second-order valence-electron chi connectivity index (χ2n) is 6.38. The fourth-order valence-electron chi connectivity index (χ4n) is 3.06. The van der Waals surface area contributed by atoms with E-state index in [1.54, 1.807) is 0 Å². The van der Waals surface area contributed by atoms with Crippen LogP contribution in [0.15, 0.2) is 0 Å². The lowest BCUT2D eigenvalue weighted by Crippen LogP contribution is -2.60. The average molecular weight is 370 g/mol. The molecule has 25 heavy (non-hydrogen) atoms. The molecular formula is C14H26O11. The summed E-state index contributed by atoms with van der Waals surface area (Å²) in [4.78, 5) is 0. The molecule has 0 amide bonds. The zero-order chi connectivity index (χ0) is 18.8. The van der Waals surface area contributed by atoms with Gasteiger partial charge in [-0.15, -0.1) is 0 Å². The van der Waals surface area contributed by atoms with Crippen molar-refractivity contribution in [2.24, 2.45) is 0 Å². The Hall–Kier alpha value is -0.440. The third kappa shape index (κ3) is 3.96. The van der Waals surface area contributed by atoms with E-state index >= 15 is 0 Å². The summed E-state index contributed by atoms with van der Waals surface area (Å²) >= 11 is 0. The average Bonchev–Trinajstić information content (AvgIpc) is 2.86. The number of rotatable bonds is 7. The van der Waals surface area contributed by atoms with E-state index in [9.17, 15) is 30.6 Å². The predicted molar refractivity (Wildman–Crippen MR) is 78.4 cm³/mol. The van der Waals surface area contributed by atoms with Crippen LogP contribution in [0, 0.1) is 0 Å². The van der Waals surface area contributed by atoms with Crippen LogP contribution in [0.4, 0.5) is 0 Å². The van der Waals surface area contributed by atoms with Crippen LogP contribution in [-0.2, 0) is 14.2 Å². The molecule has 148 valence electrons. The van der Waals surface area contributed by atoms with E-state index in [0.717, 1.165) is 0 Å². The minimum absolute atomic E-state index is 0.306.